The predicted molar refractivity (Wildman–Crippen MR) is 104 cm³/mol. The summed E-state index contributed by atoms with van der Waals surface area (Å²) in [6.07, 6.45) is 2.70. The van der Waals surface area contributed by atoms with Gasteiger partial charge in [0, 0.05) is 29.4 Å². The highest BCUT2D eigenvalue weighted by Crippen LogP contribution is 2.33. The lowest BCUT2D eigenvalue weighted by molar-refractivity contribution is 0.0492. The lowest BCUT2D eigenvalue weighted by atomic mass is 10.1. The average Bonchev–Trinajstić information content (AvgIpc) is 3.22. The van der Waals surface area contributed by atoms with Crippen molar-refractivity contribution in [3.63, 3.8) is 0 Å². The van der Waals surface area contributed by atoms with Crippen LogP contribution in [0.15, 0.2) is 41.5 Å². The third kappa shape index (κ3) is 3.14. The summed E-state index contributed by atoms with van der Waals surface area (Å²) in [5.74, 6) is -0.620. The molecule has 1 aromatic carbocycles. The molecule has 10 heteroatoms. The van der Waals surface area contributed by atoms with Crippen molar-refractivity contribution < 1.29 is 9.23 Å². The fourth-order valence-electron chi connectivity index (χ4n) is 2.91. The molecule has 0 bridgehead atoms. The van der Waals surface area contributed by atoms with Crippen molar-refractivity contribution in [3.8, 4) is 11.3 Å². The number of benzene rings is 1. The highest BCUT2D eigenvalue weighted by Gasteiger charge is 2.21. The second kappa shape index (κ2) is 6.96. The van der Waals surface area contributed by atoms with E-state index in [9.17, 15) is 9.18 Å². The van der Waals surface area contributed by atoms with Crippen molar-refractivity contribution in [2.24, 2.45) is 7.05 Å². The van der Waals surface area contributed by atoms with Crippen LogP contribution in [0.25, 0.3) is 22.4 Å². The quantitative estimate of drug-likeness (QED) is 0.508. The van der Waals surface area contributed by atoms with E-state index >= 15 is 0 Å². The molecule has 0 aliphatic carbocycles. The number of halogens is 3. The van der Waals surface area contributed by atoms with Gasteiger partial charge in [0.1, 0.15) is 11.3 Å². The number of hydrogen-bond donors (Lipinski definition) is 1. The van der Waals surface area contributed by atoms with E-state index in [1.165, 1.54) is 12.1 Å². The maximum Gasteiger partial charge on any atom is 0.360 e. The molecule has 144 valence electrons. The lowest BCUT2D eigenvalue weighted by Crippen LogP contribution is -2.26. The van der Waals surface area contributed by atoms with Crippen molar-refractivity contribution in [1.29, 1.82) is 0 Å². The summed E-state index contributed by atoms with van der Waals surface area (Å²) in [5.41, 5.74) is 1.96. The van der Waals surface area contributed by atoms with Crippen LogP contribution in [0.1, 0.15) is 18.6 Å². The first kappa shape index (κ1) is 18.5. The minimum Gasteiger partial charge on any atom is -0.401 e. The number of pyridine rings is 1. The van der Waals surface area contributed by atoms with Gasteiger partial charge in [-0.05, 0) is 31.2 Å². The Bertz CT molecular complexity index is 1250. The average molecular weight is 422 g/mol. The van der Waals surface area contributed by atoms with Crippen LogP contribution in [0.3, 0.4) is 0 Å². The molecule has 1 unspecified atom stereocenters. The first-order chi connectivity index (χ1) is 13.3. The summed E-state index contributed by atoms with van der Waals surface area (Å²) in [5, 5.41) is 4.20. The number of nitrogens with zero attached hydrogens (tertiary/aromatic N) is 4. The molecule has 7 nitrogen and oxygen atoms in total. The van der Waals surface area contributed by atoms with Crippen molar-refractivity contribution in [2.45, 2.75) is 13.0 Å². The van der Waals surface area contributed by atoms with E-state index < -0.39 is 17.6 Å². The number of aromatic nitrogens is 5. The van der Waals surface area contributed by atoms with Gasteiger partial charge in [0.15, 0.2) is 11.8 Å². The van der Waals surface area contributed by atoms with Gasteiger partial charge < -0.3 is 4.84 Å². The monoisotopic (exact) mass is 421 g/mol. The number of nitrogens with one attached hydrogen (secondary N) is 1. The van der Waals surface area contributed by atoms with E-state index in [1.807, 2.05) is 6.20 Å². The fraction of sp³-hybridized carbons (Fsp3) is 0.167. The maximum absolute atomic E-state index is 13.8. The molecule has 0 aliphatic rings. The van der Waals surface area contributed by atoms with Crippen LogP contribution in [0, 0.1) is 5.82 Å². The largest absolute Gasteiger partial charge is 0.401 e. The molecule has 3 aromatic heterocycles. The molecule has 0 saturated carbocycles. The second-order valence-corrected chi connectivity index (χ2v) is 6.98. The molecule has 0 spiro atoms. The highest BCUT2D eigenvalue weighted by molar-refractivity contribution is 6.36. The molecule has 4 rings (SSSR count). The summed E-state index contributed by atoms with van der Waals surface area (Å²) < 4.78 is 16.5. The number of rotatable bonds is 4. The van der Waals surface area contributed by atoms with E-state index in [0.717, 1.165) is 10.3 Å². The summed E-state index contributed by atoms with van der Waals surface area (Å²) >= 11 is 12.2. The van der Waals surface area contributed by atoms with Gasteiger partial charge in [0.25, 0.3) is 0 Å². The number of fused-ring (bicyclic) bond motifs is 1. The first-order valence-electron chi connectivity index (χ1n) is 8.26. The first-order valence-corrected chi connectivity index (χ1v) is 9.02. The maximum atomic E-state index is 13.8. The van der Waals surface area contributed by atoms with Crippen molar-refractivity contribution in [3.05, 3.63) is 68.6 Å². The van der Waals surface area contributed by atoms with E-state index in [2.05, 4.69) is 15.1 Å². The van der Waals surface area contributed by atoms with Gasteiger partial charge in [0.05, 0.1) is 16.9 Å². The van der Waals surface area contributed by atoms with Gasteiger partial charge in [-0.1, -0.05) is 23.2 Å². The van der Waals surface area contributed by atoms with E-state index in [0.29, 0.717) is 16.9 Å². The molecule has 1 atom stereocenters. The van der Waals surface area contributed by atoms with Crippen LogP contribution in [0.2, 0.25) is 10.0 Å². The third-order valence-corrected chi connectivity index (χ3v) is 4.97. The van der Waals surface area contributed by atoms with Crippen molar-refractivity contribution >= 4 is 34.4 Å². The molecule has 28 heavy (non-hydrogen) atoms. The highest BCUT2D eigenvalue weighted by atomic mass is 35.5. The summed E-state index contributed by atoms with van der Waals surface area (Å²) in [6, 6.07) is 6.00. The van der Waals surface area contributed by atoms with Gasteiger partial charge in [-0.3, -0.25) is 9.67 Å². The number of imidazole rings is 1. The Balaban J connectivity index is 1.73. The Morgan fingerprint density at radius 1 is 1.25 bits per heavy atom. The number of hydrogen-bond acceptors (Lipinski definition) is 4. The molecule has 0 saturated heterocycles. The number of H-pyrrole nitrogens is 1. The zero-order valence-corrected chi connectivity index (χ0v) is 16.3. The Labute approximate surface area is 168 Å². The van der Waals surface area contributed by atoms with Gasteiger partial charge in [-0.15, -0.1) is 4.73 Å². The molecule has 1 N–H and O–H groups in total. The molecule has 0 amide bonds. The standard InChI is InChI=1S/C18H14Cl2FN5O2/c1-9(15-11(19)3-4-12(21)16(15)20)28-26-14-6-5-13(10-7-22-25(2)8-10)23-17(14)24-18(26)27/h3-9H,1-2H3,(H,23,24,27). The minimum atomic E-state index is -0.787. The van der Waals surface area contributed by atoms with Gasteiger partial charge in [-0.25, -0.2) is 14.2 Å². The zero-order valence-electron chi connectivity index (χ0n) is 14.8. The molecule has 0 aliphatic heterocycles. The Kier molecular flexibility index (Phi) is 4.60. The normalized spacial score (nSPS) is 12.5. The fourth-order valence-corrected chi connectivity index (χ4v) is 3.59. The van der Waals surface area contributed by atoms with E-state index in [1.54, 1.807) is 37.0 Å². The van der Waals surface area contributed by atoms with Crippen molar-refractivity contribution in [2.75, 3.05) is 0 Å². The predicted octanol–water partition coefficient (Wildman–Crippen LogP) is 3.76. The molecular weight excluding hydrogens is 408 g/mol. The molecule has 0 radical (unpaired) electrons. The molecule has 4 aromatic rings. The minimum absolute atomic E-state index is 0.148. The van der Waals surface area contributed by atoms with Gasteiger partial charge in [0.2, 0.25) is 0 Å². The summed E-state index contributed by atoms with van der Waals surface area (Å²) in [7, 11) is 1.80. The van der Waals surface area contributed by atoms with Crippen LogP contribution in [-0.4, -0.2) is 24.5 Å². The van der Waals surface area contributed by atoms with Crippen LogP contribution < -0.4 is 10.5 Å². The van der Waals surface area contributed by atoms with Gasteiger partial charge >= 0.3 is 5.69 Å². The molecular formula is C18H14Cl2FN5O2. The second-order valence-electron chi connectivity index (χ2n) is 6.20. The zero-order chi connectivity index (χ0) is 20.0. The topological polar surface area (TPSA) is 77.7 Å². The SMILES string of the molecule is CC(On1c(=O)[nH]c2nc(-c3cnn(C)c3)ccc21)c1c(Cl)ccc(F)c1Cl. The van der Waals surface area contributed by atoms with Crippen LogP contribution in [0.4, 0.5) is 4.39 Å². The van der Waals surface area contributed by atoms with E-state index in [4.69, 9.17) is 28.0 Å². The third-order valence-electron chi connectivity index (χ3n) is 4.25. The Morgan fingerprint density at radius 3 is 2.75 bits per heavy atom. The van der Waals surface area contributed by atoms with Crippen molar-refractivity contribution in [1.82, 2.24) is 24.5 Å². The lowest BCUT2D eigenvalue weighted by Gasteiger charge is -2.17. The summed E-state index contributed by atoms with van der Waals surface area (Å²) in [6.45, 7) is 1.62. The van der Waals surface area contributed by atoms with E-state index in [-0.39, 0.29) is 15.6 Å². The smallest absolute Gasteiger partial charge is 0.360 e. The Hall–Kier alpha value is -2.84. The Morgan fingerprint density at radius 2 is 2.04 bits per heavy atom. The molecule has 3 heterocycles. The van der Waals surface area contributed by atoms with Gasteiger partial charge in [-0.2, -0.15) is 5.10 Å². The number of aryl methyl sites for hydroxylation is 1. The summed E-state index contributed by atoms with van der Waals surface area (Å²) in [4.78, 5) is 25.2. The van der Waals surface area contributed by atoms with Crippen LogP contribution in [-0.2, 0) is 7.05 Å². The van der Waals surface area contributed by atoms with Crippen LogP contribution in [0.5, 0.6) is 0 Å². The number of aromatic amines is 1. The molecule has 0 fully saturated rings. The van der Waals surface area contributed by atoms with Crippen LogP contribution >= 0.6 is 23.2 Å².